The first-order chi connectivity index (χ1) is 8.60. The summed E-state index contributed by atoms with van der Waals surface area (Å²) in [6.45, 7) is 4.62. The van der Waals surface area contributed by atoms with E-state index in [2.05, 4.69) is 31.3 Å². The second kappa shape index (κ2) is 5.30. The minimum Gasteiger partial charge on any atom is -0.305 e. The molecule has 0 unspecified atom stereocenters. The van der Waals surface area contributed by atoms with Gasteiger partial charge >= 0.3 is 0 Å². The van der Waals surface area contributed by atoms with E-state index in [-0.39, 0.29) is 5.91 Å². The number of nitrogens with zero attached hydrogens (tertiary/aromatic N) is 3. The molecule has 2 aromatic heterocycles. The number of aryl methyl sites for hydroxylation is 2. The number of aromatic nitrogens is 3. The largest absolute Gasteiger partial charge is 0.305 e. The highest BCUT2D eigenvalue weighted by Gasteiger charge is 2.15. The standard InChI is InChI=1S/C12H13BrN4O/c1-3-17-7-9(13)11(16-17)12(18)15-10-6-8(2)4-5-14-10/h4-7H,3H2,1-2H3,(H,14,15,18). The van der Waals surface area contributed by atoms with E-state index < -0.39 is 0 Å². The number of halogens is 1. The van der Waals surface area contributed by atoms with Crippen molar-refractivity contribution in [2.45, 2.75) is 20.4 Å². The normalized spacial score (nSPS) is 10.4. The third kappa shape index (κ3) is 2.76. The zero-order chi connectivity index (χ0) is 13.1. The third-order valence-electron chi connectivity index (χ3n) is 2.41. The lowest BCUT2D eigenvalue weighted by molar-refractivity contribution is 0.102. The van der Waals surface area contributed by atoms with Gasteiger partial charge in [-0.05, 0) is 47.5 Å². The number of nitrogens with one attached hydrogen (secondary N) is 1. The van der Waals surface area contributed by atoms with Crippen LogP contribution in [0.5, 0.6) is 0 Å². The van der Waals surface area contributed by atoms with Gasteiger partial charge in [-0.2, -0.15) is 5.10 Å². The number of carbonyl (C=O) groups is 1. The summed E-state index contributed by atoms with van der Waals surface area (Å²) in [5, 5.41) is 6.90. The van der Waals surface area contributed by atoms with E-state index in [4.69, 9.17) is 0 Å². The van der Waals surface area contributed by atoms with Gasteiger partial charge in [0.15, 0.2) is 5.69 Å². The van der Waals surface area contributed by atoms with Gasteiger partial charge in [-0.15, -0.1) is 0 Å². The number of carbonyl (C=O) groups excluding carboxylic acids is 1. The van der Waals surface area contributed by atoms with Crippen LogP contribution >= 0.6 is 15.9 Å². The van der Waals surface area contributed by atoms with Crippen molar-refractivity contribution in [1.82, 2.24) is 14.8 Å². The van der Waals surface area contributed by atoms with Crippen molar-refractivity contribution in [3.8, 4) is 0 Å². The van der Waals surface area contributed by atoms with E-state index >= 15 is 0 Å². The Morgan fingerprint density at radius 1 is 1.56 bits per heavy atom. The highest BCUT2D eigenvalue weighted by Crippen LogP contribution is 2.16. The van der Waals surface area contributed by atoms with Crippen molar-refractivity contribution >= 4 is 27.7 Å². The molecule has 0 radical (unpaired) electrons. The molecule has 94 valence electrons. The van der Waals surface area contributed by atoms with Crippen molar-refractivity contribution in [2.75, 3.05) is 5.32 Å². The second-order valence-electron chi connectivity index (χ2n) is 3.85. The van der Waals surface area contributed by atoms with Gasteiger partial charge in [-0.25, -0.2) is 4.98 Å². The molecule has 1 N–H and O–H groups in total. The molecular formula is C12H13BrN4O. The van der Waals surface area contributed by atoms with Crippen LogP contribution in [0.3, 0.4) is 0 Å². The van der Waals surface area contributed by atoms with E-state index in [1.165, 1.54) is 0 Å². The van der Waals surface area contributed by atoms with Gasteiger partial charge in [0.2, 0.25) is 0 Å². The Hall–Kier alpha value is -1.69. The Kier molecular flexibility index (Phi) is 3.76. The van der Waals surface area contributed by atoms with Gasteiger partial charge in [0.1, 0.15) is 5.82 Å². The summed E-state index contributed by atoms with van der Waals surface area (Å²) in [4.78, 5) is 16.1. The fourth-order valence-corrected chi connectivity index (χ4v) is 1.99. The molecule has 0 saturated heterocycles. The maximum atomic E-state index is 12.0. The van der Waals surface area contributed by atoms with Crippen LogP contribution in [0.25, 0.3) is 0 Å². The number of hydrogen-bond donors (Lipinski definition) is 1. The highest BCUT2D eigenvalue weighted by molar-refractivity contribution is 9.10. The first-order valence-electron chi connectivity index (χ1n) is 5.57. The first-order valence-corrected chi connectivity index (χ1v) is 6.36. The Labute approximate surface area is 113 Å². The maximum Gasteiger partial charge on any atom is 0.278 e. The molecular weight excluding hydrogens is 296 g/mol. The molecule has 0 aliphatic carbocycles. The molecule has 2 rings (SSSR count). The van der Waals surface area contributed by atoms with E-state index in [1.807, 2.05) is 26.0 Å². The molecule has 2 aromatic rings. The summed E-state index contributed by atoms with van der Waals surface area (Å²) in [7, 11) is 0. The average molecular weight is 309 g/mol. The number of anilines is 1. The zero-order valence-corrected chi connectivity index (χ0v) is 11.7. The molecule has 0 bridgehead atoms. The number of rotatable bonds is 3. The van der Waals surface area contributed by atoms with Crippen LogP contribution in [0, 0.1) is 6.92 Å². The van der Waals surface area contributed by atoms with Gasteiger partial charge in [0.05, 0.1) is 4.47 Å². The predicted octanol–water partition coefficient (Wildman–Crippen LogP) is 2.62. The Morgan fingerprint density at radius 2 is 2.33 bits per heavy atom. The lowest BCUT2D eigenvalue weighted by Crippen LogP contribution is -2.14. The van der Waals surface area contributed by atoms with E-state index in [1.54, 1.807) is 17.1 Å². The molecule has 0 aliphatic heterocycles. The number of amides is 1. The van der Waals surface area contributed by atoms with Crippen molar-refractivity contribution in [3.05, 3.63) is 40.3 Å². The quantitative estimate of drug-likeness (QED) is 0.948. The van der Waals surface area contributed by atoms with Crippen LogP contribution in [0.15, 0.2) is 29.0 Å². The minimum atomic E-state index is -0.271. The van der Waals surface area contributed by atoms with Gasteiger partial charge in [-0.1, -0.05) is 0 Å². The van der Waals surface area contributed by atoms with E-state index in [0.717, 1.165) is 5.56 Å². The van der Waals surface area contributed by atoms with Crippen LogP contribution in [0.4, 0.5) is 5.82 Å². The summed E-state index contributed by atoms with van der Waals surface area (Å²) in [5.41, 5.74) is 1.40. The van der Waals surface area contributed by atoms with Crippen LogP contribution in [0.1, 0.15) is 23.0 Å². The minimum absolute atomic E-state index is 0.271. The van der Waals surface area contributed by atoms with Crippen LogP contribution in [0.2, 0.25) is 0 Å². The van der Waals surface area contributed by atoms with Crippen LogP contribution in [-0.4, -0.2) is 20.7 Å². The second-order valence-corrected chi connectivity index (χ2v) is 4.71. The van der Waals surface area contributed by atoms with Crippen molar-refractivity contribution in [2.24, 2.45) is 0 Å². The van der Waals surface area contributed by atoms with E-state index in [9.17, 15) is 4.79 Å². The molecule has 0 spiro atoms. The highest BCUT2D eigenvalue weighted by atomic mass is 79.9. The fourth-order valence-electron chi connectivity index (χ4n) is 1.49. The monoisotopic (exact) mass is 308 g/mol. The van der Waals surface area contributed by atoms with Crippen LogP contribution in [-0.2, 0) is 6.54 Å². The summed E-state index contributed by atoms with van der Waals surface area (Å²) in [5.74, 6) is 0.255. The van der Waals surface area contributed by atoms with Gasteiger partial charge in [-0.3, -0.25) is 9.48 Å². The molecule has 5 nitrogen and oxygen atoms in total. The first kappa shape index (κ1) is 12.8. The van der Waals surface area contributed by atoms with Gasteiger partial charge < -0.3 is 5.32 Å². The summed E-state index contributed by atoms with van der Waals surface area (Å²) in [6.07, 6.45) is 3.43. The number of hydrogen-bond acceptors (Lipinski definition) is 3. The summed E-state index contributed by atoms with van der Waals surface area (Å²) in [6, 6.07) is 3.68. The lowest BCUT2D eigenvalue weighted by atomic mass is 10.3. The zero-order valence-electron chi connectivity index (χ0n) is 10.1. The number of pyridine rings is 1. The molecule has 2 heterocycles. The Bertz CT molecular complexity index is 579. The van der Waals surface area contributed by atoms with Crippen molar-refractivity contribution in [1.29, 1.82) is 0 Å². The van der Waals surface area contributed by atoms with Crippen molar-refractivity contribution in [3.63, 3.8) is 0 Å². The van der Waals surface area contributed by atoms with E-state index in [0.29, 0.717) is 22.5 Å². The van der Waals surface area contributed by atoms with Crippen molar-refractivity contribution < 1.29 is 4.79 Å². The predicted molar refractivity (Wildman–Crippen MR) is 72.5 cm³/mol. The molecule has 0 saturated carbocycles. The Morgan fingerprint density at radius 3 is 2.94 bits per heavy atom. The molecule has 0 aromatic carbocycles. The third-order valence-corrected chi connectivity index (χ3v) is 2.99. The molecule has 0 atom stereocenters. The molecule has 18 heavy (non-hydrogen) atoms. The van der Waals surface area contributed by atoms with Gasteiger partial charge in [0.25, 0.3) is 5.91 Å². The summed E-state index contributed by atoms with van der Waals surface area (Å²) >= 11 is 3.32. The van der Waals surface area contributed by atoms with Gasteiger partial charge in [0, 0.05) is 18.9 Å². The maximum absolute atomic E-state index is 12.0. The van der Waals surface area contributed by atoms with Crippen LogP contribution < -0.4 is 5.32 Å². The molecule has 0 fully saturated rings. The fraction of sp³-hybridized carbons (Fsp3) is 0.250. The topological polar surface area (TPSA) is 59.8 Å². The molecule has 1 amide bonds. The Balaban J connectivity index is 2.19. The molecule has 6 heteroatoms. The smallest absolute Gasteiger partial charge is 0.278 e. The SMILES string of the molecule is CCn1cc(Br)c(C(=O)Nc2cc(C)ccn2)n1. The lowest BCUT2D eigenvalue weighted by Gasteiger charge is -2.03. The summed E-state index contributed by atoms with van der Waals surface area (Å²) < 4.78 is 2.37. The average Bonchev–Trinajstić information content (AvgIpc) is 2.70. The molecule has 0 aliphatic rings.